The molecule has 0 aliphatic heterocycles. The fraction of sp³-hybridized carbons (Fsp3) is 0.357. The van der Waals surface area contributed by atoms with Crippen LogP contribution in [0.3, 0.4) is 0 Å². The number of hydrogen-bond donors (Lipinski definition) is 0. The molecule has 0 saturated carbocycles. The molecule has 0 unspecified atom stereocenters. The molecule has 0 aromatic heterocycles. The molecule has 16 heavy (non-hydrogen) atoms. The molecule has 2 rings (SSSR count). The van der Waals surface area contributed by atoms with Crippen molar-refractivity contribution in [1.29, 1.82) is 0 Å². The first-order valence-electron chi connectivity index (χ1n) is 5.69. The molecule has 2 heteroatoms. The normalized spacial score (nSPS) is 17.2. The van der Waals surface area contributed by atoms with Gasteiger partial charge in [0, 0.05) is 31.8 Å². The van der Waals surface area contributed by atoms with Crippen molar-refractivity contribution in [1.82, 2.24) is 0 Å². The second kappa shape index (κ2) is 4.52. The highest BCUT2D eigenvalue weighted by Crippen LogP contribution is 2.23. The Kier molecular flexibility index (Phi) is 3.09. The number of rotatable bonds is 1. The molecule has 0 saturated heterocycles. The van der Waals surface area contributed by atoms with E-state index >= 15 is 0 Å². The van der Waals surface area contributed by atoms with Crippen molar-refractivity contribution in [3.05, 3.63) is 35.4 Å². The van der Waals surface area contributed by atoms with Gasteiger partial charge in [-0.05, 0) is 36.6 Å². The van der Waals surface area contributed by atoms with Crippen molar-refractivity contribution >= 4 is 17.5 Å². The summed E-state index contributed by atoms with van der Waals surface area (Å²) in [5.74, 6) is 0.268. The minimum atomic E-state index is 0.268. The fourth-order valence-electron chi connectivity index (χ4n) is 1.95. The summed E-state index contributed by atoms with van der Waals surface area (Å²) in [7, 11) is 4.02. The first-order valence-corrected chi connectivity index (χ1v) is 5.69. The van der Waals surface area contributed by atoms with Gasteiger partial charge in [0.2, 0.25) is 0 Å². The lowest BCUT2D eigenvalue weighted by atomic mass is 9.96. The lowest BCUT2D eigenvalue weighted by molar-refractivity contribution is 0.0980. The minimum absolute atomic E-state index is 0.268. The smallest absolute Gasteiger partial charge is 0.163 e. The Morgan fingerprint density at radius 2 is 2.06 bits per heavy atom. The van der Waals surface area contributed by atoms with E-state index in [-0.39, 0.29) is 5.78 Å². The standard InChI is InChI=1S/C14H17NO/c1-15(2)12-8-9-13-11(10-12)6-4-3-5-7-14(13)16/h4,6,8-10H,3,5,7H2,1-2H3/b6-4-. The van der Waals surface area contributed by atoms with Crippen molar-refractivity contribution < 1.29 is 4.79 Å². The van der Waals surface area contributed by atoms with Crippen LogP contribution >= 0.6 is 0 Å². The third kappa shape index (κ3) is 2.16. The number of benzene rings is 1. The van der Waals surface area contributed by atoms with Crippen LogP contribution in [0.5, 0.6) is 0 Å². The average molecular weight is 215 g/mol. The van der Waals surface area contributed by atoms with Crippen LogP contribution < -0.4 is 4.90 Å². The lowest BCUT2D eigenvalue weighted by Gasteiger charge is -2.15. The van der Waals surface area contributed by atoms with E-state index in [9.17, 15) is 4.79 Å². The van der Waals surface area contributed by atoms with E-state index in [0.29, 0.717) is 6.42 Å². The van der Waals surface area contributed by atoms with Gasteiger partial charge < -0.3 is 4.90 Å². The number of ketones is 1. The SMILES string of the molecule is CN(C)c1ccc2c(c1)/C=C\CCCC2=O. The Balaban J connectivity index is 2.47. The number of fused-ring (bicyclic) bond motifs is 1. The van der Waals surface area contributed by atoms with Crippen LogP contribution in [0, 0.1) is 0 Å². The van der Waals surface area contributed by atoms with E-state index in [0.717, 1.165) is 29.7 Å². The largest absolute Gasteiger partial charge is 0.378 e. The highest BCUT2D eigenvalue weighted by Gasteiger charge is 2.12. The van der Waals surface area contributed by atoms with Crippen molar-refractivity contribution in [3.63, 3.8) is 0 Å². The molecule has 0 heterocycles. The molecule has 1 aromatic carbocycles. The summed E-state index contributed by atoms with van der Waals surface area (Å²) >= 11 is 0. The van der Waals surface area contributed by atoms with Crippen LogP contribution in [0.2, 0.25) is 0 Å². The molecule has 0 fully saturated rings. The maximum absolute atomic E-state index is 11.9. The van der Waals surface area contributed by atoms with Crippen LogP contribution in [0.25, 0.3) is 6.08 Å². The van der Waals surface area contributed by atoms with E-state index < -0.39 is 0 Å². The number of anilines is 1. The summed E-state index contributed by atoms with van der Waals surface area (Å²) in [5, 5.41) is 0. The Morgan fingerprint density at radius 3 is 2.81 bits per heavy atom. The third-order valence-corrected chi connectivity index (χ3v) is 2.92. The zero-order valence-corrected chi connectivity index (χ0v) is 9.86. The fourth-order valence-corrected chi connectivity index (χ4v) is 1.95. The summed E-state index contributed by atoms with van der Waals surface area (Å²) in [6, 6.07) is 6.03. The van der Waals surface area contributed by atoms with E-state index in [1.165, 1.54) is 0 Å². The topological polar surface area (TPSA) is 20.3 Å². The van der Waals surface area contributed by atoms with Gasteiger partial charge in [0.15, 0.2) is 5.78 Å². The zero-order chi connectivity index (χ0) is 11.5. The molecule has 0 amide bonds. The molecule has 1 aliphatic rings. The van der Waals surface area contributed by atoms with Gasteiger partial charge in [-0.15, -0.1) is 0 Å². The monoisotopic (exact) mass is 215 g/mol. The molecular weight excluding hydrogens is 198 g/mol. The van der Waals surface area contributed by atoms with Gasteiger partial charge in [-0.25, -0.2) is 0 Å². The quantitative estimate of drug-likeness (QED) is 0.717. The first kappa shape index (κ1) is 10.9. The summed E-state index contributed by atoms with van der Waals surface area (Å²) in [5.41, 5.74) is 3.05. The molecule has 2 nitrogen and oxygen atoms in total. The van der Waals surface area contributed by atoms with Gasteiger partial charge in [-0.1, -0.05) is 12.2 Å². The molecule has 1 aromatic rings. The number of carbonyl (C=O) groups excluding carboxylic acids is 1. The molecule has 0 bridgehead atoms. The van der Waals surface area contributed by atoms with Crippen molar-refractivity contribution in [2.24, 2.45) is 0 Å². The van der Waals surface area contributed by atoms with Crippen LogP contribution in [0.1, 0.15) is 35.2 Å². The van der Waals surface area contributed by atoms with E-state index in [1.54, 1.807) is 0 Å². The van der Waals surface area contributed by atoms with Crippen molar-refractivity contribution in [3.8, 4) is 0 Å². The Labute approximate surface area is 96.6 Å². The van der Waals surface area contributed by atoms with Gasteiger partial charge >= 0.3 is 0 Å². The summed E-state index contributed by atoms with van der Waals surface area (Å²) in [6.07, 6.45) is 6.85. The number of hydrogen-bond acceptors (Lipinski definition) is 2. The van der Waals surface area contributed by atoms with Gasteiger partial charge in [-0.3, -0.25) is 4.79 Å². The van der Waals surface area contributed by atoms with Gasteiger partial charge in [0.05, 0.1) is 0 Å². The summed E-state index contributed by atoms with van der Waals surface area (Å²) in [4.78, 5) is 13.9. The van der Waals surface area contributed by atoms with E-state index in [4.69, 9.17) is 0 Å². The molecule has 1 aliphatic carbocycles. The van der Waals surface area contributed by atoms with E-state index in [1.807, 2.05) is 26.2 Å². The van der Waals surface area contributed by atoms with E-state index in [2.05, 4.69) is 23.1 Å². The summed E-state index contributed by atoms with van der Waals surface area (Å²) < 4.78 is 0. The predicted molar refractivity (Wildman–Crippen MR) is 68.0 cm³/mol. The lowest BCUT2D eigenvalue weighted by Crippen LogP contribution is -2.10. The predicted octanol–water partition coefficient (Wildman–Crippen LogP) is 3.13. The number of carbonyl (C=O) groups is 1. The molecule has 0 N–H and O–H groups in total. The highest BCUT2D eigenvalue weighted by atomic mass is 16.1. The molecule has 0 spiro atoms. The average Bonchev–Trinajstić information content (AvgIpc) is 2.25. The maximum atomic E-state index is 11.9. The minimum Gasteiger partial charge on any atom is -0.378 e. The maximum Gasteiger partial charge on any atom is 0.163 e. The number of allylic oxidation sites excluding steroid dienone is 1. The molecule has 0 radical (unpaired) electrons. The second-order valence-corrected chi connectivity index (χ2v) is 4.38. The second-order valence-electron chi connectivity index (χ2n) is 4.38. The Bertz CT molecular complexity index is 432. The van der Waals surface area contributed by atoms with Crippen LogP contribution in [0.15, 0.2) is 24.3 Å². The van der Waals surface area contributed by atoms with Crippen LogP contribution in [-0.4, -0.2) is 19.9 Å². The van der Waals surface area contributed by atoms with Crippen molar-refractivity contribution in [2.45, 2.75) is 19.3 Å². The highest BCUT2D eigenvalue weighted by molar-refractivity contribution is 6.00. The van der Waals surface area contributed by atoms with Gasteiger partial charge in [0.25, 0.3) is 0 Å². The zero-order valence-electron chi connectivity index (χ0n) is 9.86. The molecule has 0 atom stereocenters. The van der Waals surface area contributed by atoms with Gasteiger partial charge in [-0.2, -0.15) is 0 Å². The molecular formula is C14H17NO. The van der Waals surface area contributed by atoms with Crippen LogP contribution in [0.4, 0.5) is 5.69 Å². The first-order chi connectivity index (χ1) is 7.68. The Morgan fingerprint density at radius 1 is 1.25 bits per heavy atom. The molecule has 84 valence electrons. The third-order valence-electron chi connectivity index (χ3n) is 2.92. The van der Waals surface area contributed by atoms with Crippen molar-refractivity contribution in [2.75, 3.05) is 19.0 Å². The van der Waals surface area contributed by atoms with Gasteiger partial charge in [0.1, 0.15) is 0 Å². The number of nitrogens with zero attached hydrogens (tertiary/aromatic N) is 1. The number of Topliss-reactive ketones (excluding diaryl/α,β-unsaturated/α-hetero) is 1. The van der Waals surface area contributed by atoms with Crippen LogP contribution in [-0.2, 0) is 0 Å². The Hall–Kier alpha value is -1.57. The summed E-state index contributed by atoms with van der Waals surface area (Å²) in [6.45, 7) is 0.